The molecule has 0 bridgehead atoms. The van der Waals surface area contributed by atoms with Gasteiger partial charge in [0.1, 0.15) is 11.5 Å². The normalized spacial score (nSPS) is 10.1. The van der Waals surface area contributed by atoms with Crippen molar-refractivity contribution in [3.05, 3.63) is 84.7 Å². The number of amides is 1. The molecule has 0 radical (unpaired) electrons. The van der Waals surface area contributed by atoms with Crippen LogP contribution in [0.15, 0.2) is 79.1 Å². The Bertz CT molecular complexity index is 805. The quantitative estimate of drug-likeness (QED) is 0.682. The maximum absolute atomic E-state index is 12.1. The summed E-state index contributed by atoms with van der Waals surface area (Å²) in [5, 5.41) is 0. The molecule has 0 aliphatic carbocycles. The number of nitrogens with zero attached hydrogens (tertiary/aromatic N) is 2. The van der Waals surface area contributed by atoms with Gasteiger partial charge in [-0.1, -0.05) is 24.3 Å². The lowest BCUT2D eigenvalue weighted by Gasteiger charge is -2.21. The van der Waals surface area contributed by atoms with Gasteiger partial charge >= 0.3 is 6.09 Å². The van der Waals surface area contributed by atoms with Crippen molar-refractivity contribution in [3.8, 4) is 11.5 Å². The summed E-state index contributed by atoms with van der Waals surface area (Å²) in [5.74, 6) is 1.46. The maximum Gasteiger partial charge on any atom is 0.414 e. The van der Waals surface area contributed by atoms with Gasteiger partial charge in [-0.05, 0) is 48.0 Å². The zero-order valence-corrected chi connectivity index (χ0v) is 13.8. The summed E-state index contributed by atoms with van der Waals surface area (Å²) in [4.78, 5) is 17.8. The Morgan fingerprint density at radius 2 is 1.68 bits per heavy atom. The van der Waals surface area contributed by atoms with Crippen molar-refractivity contribution in [2.24, 2.45) is 0 Å². The molecule has 1 aromatic heterocycles. The average Bonchev–Trinajstić information content (AvgIpc) is 2.68. The van der Waals surface area contributed by atoms with Crippen LogP contribution in [0, 0.1) is 0 Å². The van der Waals surface area contributed by atoms with Crippen LogP contribution in [0.5, 0.6) is 11.5 Å². The Kier molecular flexibility index (Phi) is 5.26. The zero-order valence-electron chi connectivity index (χ0n) is 13.8. The van der Waals surface area contributed by atoms with Gasteiger partial charge in [0, 0.05) is 18.1 Å². The van der Waals surface area contributed by atoms with E-state index in [0.29, 0.717) is 12.3 Å². The molecule has 126 valence electrons. The van der Waals surface area contributed by atoms with Crippen molar-refractivity contribution in [2.75, 3.05) is 12.0 Å². The van der Waals surface area contributed by atoms with Crippen LogP contribution < -0.4 is 9.64 Å². The molecule has 5 nitrogen and oxygen atoms in total. The lowest BCUT2D eigenvalue weighted by atomic mass is 10.2. The van der Waals surface area contributed by atoms with Crippen LogP contribution in [-0.2, 0) is 11.3 Å². The van der Waals surface area contributed by atoms with Gasteiger partial charge in [0.05, 0.1) is 13.7 Å². The fourth-order valence-corrected chi connectivity index (χ4v) is 2.36. The van der Waals surface area contributed by atoms with E-state index in [9.17, 15) is 4.79 Å². The first kappa shape index (κ1) is 16.5. The number of carbonyl (C=O) groups excluding carboxylic acids is 1. The predicted octanol–water partition coefficient (Wildman–Crippen LogP) is 4.65. The van der Waals surface area contributed by atoms with E-state index in [0.717, 1.165) is 17.0 Å². The van der Waals surface area contributed by atoms with Crippen molar-refractivity contribution in [2.45, 2.75) is 6.54 Å². The molecule has 0 unspecified atom stereocenters. The standard InChI is InChI=1S/C20H18N2O3/c1-24-20(23)22(15-16-6-5-13-21-14-16)17-9-11-19(12-10-17)25-18-7-3-2-4-8-18/h2-14H,15H2,1H3. The van der Waals surface area contributed by atoms with Crippen molar-refractivity contribution in [1.29, 1.82) is 0 Å². The fourth-order valence-electron chi connectivity index (χ4n) is 2.36. The van der Waals surface area contributed by atoms with E-state index < -0.39 is 6.09 Å². The first-order valence-electron chi connectivity index (χ1n) is 7.83. The Morgan fingerprint density at radius 1 is 0.960 bits per heavy atom. The molecule has 3 aromatic rings. The van der Waals surface area contributed by atoms with Gasteiger partial charge in [0.15, 0.2) is 0 Å². The summed E-state index contributed by atoms with van der Waals surface area (Å²) < 4.78 is 10.7. The highest BCUT2D eigenvalue weighted by molar-refractivity contribution is 5.87. The molecule has 1 heterocycles. The summed E-state index contributed by atoms with van der Waals surface area (Å²) in [6, 6.07) is 20.6. The van der Waals surface area contributed by atoms with Crippen LogP contribution >= 0.6 is 0 Å². The highest BCUT2D eigenvalue weighted by Crippen LogP contribution is 2.25. The summed E-state index contributed by atoms with van der Waals surface area (Å²) >= 11 is 0. The minimum absolute atomic E-state index is 0.374. The summed E-state index contributed by atoms with van der Waals surface area (Å²) in [7, 11) is 1.37. The van der Waals surface area contributed by atoms with E-state index in [1.807, 2.05) is 66.7 Å². The van der Waals surface area contributed by atoms with E-state index >= 15 is 0 Å². The van der Waals surface area contributed by atoms with E-state index in [4.69, 9.17) is 9.47 Å². The molecule has 25 heavy (non-hydrogen) atoms. The topological polar surface area (TPSA) is 51.7 Å². The van der Waals surface area contributed by atoms with Crippen LogP contribution in [-0.4, -0.2) is 18.2 Å². The molecule has 0 fully saturated rings. The highest BCUT2D eigenvalue weighted by Gasteiger charge is 2.17. The van der Waals surface area contributed by atoms with Gasteiger partial charge in [-0.2, -0.15) is 0 Å². The summed E-state index contributed by atoms with van der Waals surface area (Å²) in [5.41, 5.74) is 1.63. The van der Waals surface area contributed by atoms with E-state index in [1.54, 1.807) is 17.3 Å². The first-order valence-corrected chi connectivity index (χ1v) is 7.83. The third kappa shape index (κ3) is 4.35. The number of pyridine rings is 1. The number of methoxy groups -OCH3 is 1. The Balaban J connectivity index is 1.78. The number of hydrogen-bond donors (Lipinski definition) is 0. The predicted molar refractivity (Wildman–Crippen MR) is 95.8 cm³/mol. The third-order valence-electron chi connectivity index (χ3n) is 3.59. The first-order chi connectivity index (χ1) is 12.3. The zero-order chi connectivity index (χ0) is 17.5. The molecule has 0 aliphatic rings. The molecule has 0 atom stereocenters. The summed E-state index contributed by atoms with van der Waals surface area (Å²) in [6.45, 7) is 0.374. The van der Waals surface area contributed by atoms with Crippen molar-refractivity contribution < 1.29 is 14.3 Å². The molecule has 2 aromatic carbocycles. The smallest absolute Gasteiger partial charge is 0.414 e. The number of aromatic nitrogens is 1. The van der Waals surface area contributed by atoms with Crippen molar-refractivity contribution in [1.82, 2.24) is 4.98 Å². The minimum atomic E-state index is -0.430. The highest BCUT2D eigenvalue weighted by atomic mass is 16.5. The molecule has 1 amide bonds. The number of benzene rings is 2. The monoisotopic (exact) mass is 334 g/mol. The lowest BCUT2D eigenvalue weighted by Crippen LogP contribution is -2.30. The van der Waals surface area contributed by atoms with Crippen LogP contribution in [0.1, 0.15) is 5.56 Å². The Labute approximate surface area is 146 Å². The molecule has 0 N–H and O–H groups in total. The Morgan fingerprint density at radius 3 is 2.32 bits per heavy atom. The van der Waals surface area contributed by atoms with Crippen LogP contribution in [0.25, 0.3) is 0 Å². The van der Waals surface area contributed by atoms with Crippen molar-refractivity contribution >= 4 is 11.8 Å². The van der Waals surface area contributed by atoms with E-state index in [2.05, 4.69) is 4.98 Å². The van der Waals surface area contributed by atoms with Crippen LogP contribution in [0.3, 0.4) is 0 Å². The van der Waals surface area contributed by atoms with Gasteiger partial charge < -0.3 is 9.47 Å². The number of anilines is 1. The number of hydrogen-bond acceptors (Lipinski definition) is 4. The Hall–Kier alpha value is -3.34. The van der Waals surface area contributed by atoms with E-state index in [-0.39, 0.29) is 0 Å². The number of ether oxygens (including phenoxy) is 2. The SMILES string of the molecule is COC(=O)N(Cc1cccnc1)c1ccc(Oc2ccccc2)cc1. The average molecular weight is 334 g/mol. The lowest BCUT2D eigenvalue weighted by molar-refractivity contribution is 0.178. The second-order valence-corrected chi connectivity index (χ2v) is 5.33. The minimum Gasteiger partial charge on any atom is -0.457 e. The van der Waals surface area contributed by atoms with Gasteiger partial charge in [0.2, 0.25) is 0 Å². The van der Waals surface area contributed by atoms with Gasteiger partial charge in [0.25, 0.3) is 0 Å². The molecule has 0 saturated heterocycles. The van der Waals surface area contributed by atoms with Gasteiger partial charge in [-0.15, -0.1) is 0 Å². The summed E-state index contributed by atoms with van der Waals surface area (Å²) in [6.07, 6.45) is 2.99. The molecular weight excluding hydrogens is 316 g/mol. The second-order valence-electron chi connectivity index (χ2n) is 5.33. The molecule has 0 saturated carbocycles. The number of para-hydroxylation sites is 1. The van der Waals surface area contributed by atoms with Crippen molar-refractivity contribution in [3.63, 3.8) is 0 Å². The molecular formula is C20H18N2O3. The van der Waals surface area contributed by atoms with Crippen LogP contribution in [0.4, 0.5) is 10.5 Å². The van der Waals surface area contributed by atoms with E-state index in [1.165, 1.54) is 7.11 Å². The van der Waals surface area contributed by atoms with Gasteiger partial charge in [-0.25, -0.2) is 4.79 Å². The fraction of sp³-hybridized carbons (Fsp3) is 0.100. The molecule has 5 heteroatoms. The number of rotatable bonds is 5. The largest absolute Gasteiger partial charge is 0.457 e. The molecule has 0 aliphatic heterocycles. The second kappa shape index (κ2) is 7.97. The number of carbonyl (C=O) groups is 1. The third-order valence-corrected chi connectivity index (χ3v) is 3.59. The maximum atomic E-state index is 12.1. The van der Waals surface area contributed by atoms with Crippen LogP contribution in [0.2, 0.25) is 0 Å². The van der Waals surface area contributed by atoms with Gasteiger partial charge in [-0.3, -0.25) is 9.88 Å². The molecule has 0 spiro atoms. The molecule has 3 rings (SSSR count).